The lowest BCUT2D eigenvalue weighted by Crippen LogP contribution is -2.37. The first-order valence-corrected chi connectivity index (χ1v) is 8.98. The summed E-state index contributed by atoms with van der Waals surface area (Å²) in [5.41, 5.74) is 4.53. The van der Waals surface area contributed by atoms with Crippen LogP contribution in [0.4, 0.5) is 0 Å². The van der Waals surface area contributed by atoms with Crippen molar-refractivity contribution >= 4 is 5.91 Å². The van der Waals surface area contributed by atoms with Gasteiger partial charge in [-0.1, -0.05) is 24.3 Å². The molecular formula is C21H26N2O2. The number of nitrogens with one attached hydrogen (secondary N) is 1. The Morgan fingerprint density at radius 2 is 2.00 bits per heavy atom. The van der Waals surface area contributed by atoms with Gasteiger partial charge in [0.1, 0.15) is 5.75 Å². The minimum atomic E-state index is -0.0245. The second-order valence-electron chi connectivity index (χ2n) is 6.46. The summed E-state index contributed by atoms with van der Waals surface area (Å²) >= 11 is 0. The number of benzene rings is 2. The maximum Gasteiger partial charge on any atom is 0.251 e. The van der Waals surface area contributed by atoms with Gasteiger partial charge in [0.25, 0.3) is 5.91 Å². The van der Waals surface area contributed by atoms with Crippen molar-refractivity contribution in [2.45, 2.75) is 26.8 Å². The Bertz CT molecular complexity index is 742. The molecule has 0 spiro atoms. The summed E-state index contributed by atoms with van der Waals surface area (Å²) in [6.45, 7) is 8.10. The van der Waals surface area contributed by atoms with Crippen molar-refractivity contribution in [2.75, 3.05) is 26.2 Å². The molecule has 0 bridgehead atoms. The molecule has 1 amide bonds. The van der Waals surface area contributed by atoms with Crippen LogP contribution in [0, 0.1) is 6.92 Å². The maximum absolute atomic E-state index is 12.3. The molecule has 0 unspecified atom stereocenters. The van der Waals surface area contributed by atoms with E-state index in [4.69, 9.17) is 4.74 Å². The Morgan fingerprint density at radius 1 is 1.20 bits per heavy atom. The fourth-order valence-electron chi connectivity index (χ4n) is 3.28. The first kappa shape index (κ1) is 17.5. The zero-order valence-corrected chi connectivity index (χ0v) is 15.0. The predicted octanol–water partition coefficient (Wildman–Crippen LogP) is 3.18. The van der Waals surface area contributed by atoms with E-state index in [1.165, 1.54) is 11.1 Å². The van der Waals surface area contributed by atoms with Crippen molar-refractivity contribution in [3.05, 3.63) is 64.7 Å². The van der Waals surface area contributed by atoms with Crippen molar-refractivity contribution in [3.63, 3.8) is 0 Å². The number of fused-ring (bicyclic) bond motifs is 1. The SMILES string of the molecule is CCOc1ccc(C(=O)NCCN2CCc3ccccc3C2)cc1C. The van der Waals surface area contributed by atoms with Crippen LogP contribution in [0.25, 0.3) is 0 Å². The number of ether oxygens (including phenoxy) is 1. The Morgan fingerprint density at radius 3 is 2.76 bits per heavy atom. The van der Waals surface area contributed by atoms with E-state index >= 15 is 0 Å². The van der Waals surface area contributed by atoms with Gasteiger partial charge in [0.2, 0.25) is 0 Å². The molecule has 0 aromatic heterocycles. The molecule has 1 N–H and O–H groups in total. The minimum Gasteiger partial charge on any atom is -0.494 e. The Balaban J connectivity index is 1.49. The van der Waals surface area contributed by atoms with Crippen LogP contribution in [-0.4, -0.2) is 37.0 Å². The molecule has 0 fully saturated rings. The average Bonchev–Trinajstić information content (AvgIpc) is 2.63. The van der Waals surface area contributed by atoms with Gasteiger partial charge in [-0.2, -0.15) is 0 Å². The lowest BCUT2D eigenvalue weighted by Gasteiger charge is -2.28. The van der Waals surface area contributed by atoms with Crippen molar-refractivity contribution in [1.82, 2.24) is 10.2 Å². The third-order valence-corrected chi connectivity index (χ3v) is 4.66. The van der Waals surface area contributed by atoms with E-state index < -0.39 is 0 Å². The normalized spacial score (nSPS) is 14.0. The smallest absolute Gasteiger partial charge is 0.251 e. The van der Waals surface area contributed by atoms with Crippen LogP contribution >= 0.6 is 0 Å². The topological polar surface area (TPSA) is 41.6 Å². The molecule has 0 saturated carbocycles. The Hall–Kier alpha value is -2.33. The molecule has 2 aromatic rings. The molecule has 0 aliphatic carbocycles. The summed E-state index contributed by atoms with van der Waals surface area (Å²) in [5.74, 6) is 0.814. The van der Waals surface area contributed by atoms with Crippen LogP contribution in [0.2, 0.25) is 0 Å². The third-order valence-electron chi connectivity index (χ3n) is 4.66. The van der Waals surface area contributed by atoms with Crippen molar-refractivity contribution < 1.29 is 9.53 Å². The first-order chi connectivity index (χ1) is 12.2. The van der Waals surface area contributed by atoms with Gasteiger partial charge in [-0.05, 0) is 55.2 Å². The largest absolute Gasteiger partial charge is 0.494 e. The highest BCUT2D eigenvalue weighted by atomic mass is 16.5. The molecule has 2 aromatic carbocycles. The fraction of sp³-hybridized carbons (Fsp3) is 0.381. The summed E-state index contributed by atoms with van der Waals surface area (Å²) in [5, 5.41) is 3.03. The van der Waals surface area contributed by atoms with Gasteiger partial charge in [-0.15, -0.1) is 0 Å². The molecule has 0 saturated heterocycles. The second-order valence-corrected chi connectivity index (χ2v) is 6.46. The Kier molecular flexibility index (Phi) is 5.71. The van der Waals surface area contributed by atoms with Gasteiger partial charge in [-0.25, -0.2) is 0 Å². The molecule has 4 nitrogen and oxygen atoms in total. The summed E-state index contributed by atoms with van der Waals surface area (Å²) in [6, 6.07) is 14.2. The summed E-state index contributed by atoms with van der Waals surface area (Å²) < 4.78 is 5.52. The number of carbonyl (C=O) groups excluding carboxylic acids is 1. The van der Waals surface area contributed by atoms with Gasteiger partial charge < -0.3 is 10.1 Å². The minimum absolute atomic E-state index is 0.0245. The van der Waals surface area contributed by atoms with Crippen LogP contribution in [0.3, 0.4) is 0 Å². The number of rotatable bonds is 6. The summed E-state index contributed by atoms with van der Waals surface area (Å²) in [4.78, 5) is 14.7. The van der Waals surface area contributed by atoms with Gasteiger partial charge in [-0.3, -0.25) is 9.69 Å². The summed E-state index contributed by atoms with van der Waals surface area (Å²) in [7, 11) is 0. The van der Waals surface area contributed by atoms with Crippen LogP contribution in [-0.2, 0) is 13.0 Å². The number of aryl methyl sites for hydroxylation is 1. The molecular weight excluding hydrogens is 312 g/mol. The predicted molar refractivity (Wildman–Crippen MR) is 100 cm³/mol. The highest BCUT2D eigenvalue weighted by molar-refractivity contribution is 5.94. The van der Waals surface area contributed by atoms with Gasteiger partial charge >= 0.3 is 0 Å². The number of amides is 1. The zero-order chi connectivity index (χ0) is 17.6. The lowest BCUT2D eigenvalue weighted by atomic mass is 10.00. The van der Waals surface area contributed by atoms with Crippen LogP contribution in [0.1, 0.15) is 34.0 Å². The van der Waals surface area contributed by atoms with Gasteiger partial charge in [0.15, 0.2) is 0 Å². The van der Waals surface area contributed by atoms with Gasteiger partial charge in [0.05, 0.1) is 6.61 Å². The highest BCUT2D eigenvalue weighted by Crippen LogP contribution is 2.19. The molecule has 1 aliphatic heterocycles. The fourth-order valence-corrected chi connectivity index (χ4v) is 3.28. The van der Waals surface area contributed by atoms with E-state index in [0.717, 1.165) is 37.4 Å². The Labute approximate surface area is 149 Å². The number of nitrogens with zero attached hydrogens (tertiary/aromatic N) is 1. The zero-order valence-electron chi connectivity index (χ0n) is 15.0. The molecule has 0 atom stereocenters. The van der Waals surface area contributed by atoms with Crippen LogP contribution in [0.15, 0.2) is 42.5 Å². The first-order valence-electron chi connectivity index (χ1n) is 8.98. The third kappa shape index (κ3) is 4.40. The van der Waals surface area contributed by atoms with E-state index in [-0.39, 0.29) is 5.91 Å². The van der Waals surface area contributed by atoms with Crippen molar-refractivity contribution in [2.24, 2.45) is 0 Å². The van der Waals surface area contributed by atoms with E-state index in [9.17, 15) is 4.79 Å². The van der Waals surface area contributed by atoms with E-state index in [2.05, 4.69) is 34.5 Å². The maximum atomic E-state index is 12.3. The molecule has 25 heavy (non-hydrogen) atoms. The second kappa shape index (κ2) is 8.17. The van der Waals surface area contributed by atoms with E-state index in [1.54, 1.807) is 0 Å². The number of hydrogen-bond acceptors (Lipinski definition) is 3. The molecule has 132 valence electrons. The monoisotopic (exact) mass is 338 g/mol. The van der Waals surface area contributed by atoms with E-state index in [1.807, 2.05) is 32.0 Å². The van der Waals surface area contributed by atoms with Crippen LogP contribution < -0.4 is 10.1 Å². The molecule has 1 aliphatic rings. The number of hydrogen-bond donors (Lipinski definition) is 1. The summed E-state index contributed by atoms with van der Waals surface area (Å²) in [6.07, 6.45) is 1.09. The lowest BCUT2D eigenvalue weighted by molar-refractivity contribution is 0.0947. The highest BCUT2D eigenvalue weighted by Gasteiger charge is 2.15. The molecule has 1 heterocycles. The molecule has 0 radical (unpaired) electrons. The molecule has 4 heteroatoms. The average molecular weight is 338 g/mol. The van der Waals surface area contributed by atoms with Crippen molar-refractivity contribution in [1.29, 1.82) is 0 Å². The number of carbonyl (C=O) groups is 1. The van der Waals surface area contributed by atoms with Gasteiger partial charge in [0, 0.05) is 31.7 Å². The van der Waals surface area contributed by atoms with Crippen LogP contribution in [0.5, 0.6) is 5.75 Å². The molecule has 3 rings (SSSR count). The van der Waals surface area contributed by atoms with Crippen molar-refractivity contribution in [3.8, 4) is 5.75 Å². The standard InChI is InChI=1S/C21H26N2O2/c1-3-25-20-9-8-18(14-16(20)2)21(24)22-11-13-23-12-10-17-6-4-5-7-19(17)15-23/h4-9,14H,3,10-13,15H2,1-2H3,(H,22,24). The quantitative estimate of drug-likeness (QED) is 0.879. The van der Waals surface area contributed by atoms with E-state index in [0.29, 0.717) is 18.7 Å².